The Morgan fingerprint density at radius 3 is 2.47 bits per heavy atom. The predicted octanol–water partition coefficient (Wildman–Crippen LogP) is 3.32. The summed E-state index contributed by atoms with van der Waals surface area (Å²) in [5.74, 6) is -0.103. The summed E-state index contributed by atoms with van der Waals surface area (Å²) in [5, 5.41) is 6.78. The summed E-state index contributed by atoms with van der Waals surface area (Å²) >= 11 is 11.9. The van der Waals surface area contributed by atoms with E-state index in [1.807, 2.05) is 13.8 Å². The number of carbonyl (C=O) groups is 1. The minimum Gasteiger partial charge on any atom is -0.323 e. The van der Waals surface area contributed by atoms with Crippen molar-refractivity contribution in [1.82, 2.24) is 5.32 Å². The minimum absolute atomic E-state index is 0.103. The topological polar surface area (TPSA) is 41.1 Å². The molecule has 0 saturated carbocycles. The first-order valence-electron chi connectivity index (χ1n) is 5.51. The van der Waals surface area contributed by atoms with Crippen LogP contribution in [0.15, 0.2) is 18.2 Å². The molecule has 17 heavy (non-hydrogen) atoms. The van der Waals surface area contributed by atoms with Crippen molar-refractivity contribution in [2.24, 2.45) is 0 Å². The molecule has 94 valence electrons. The van der Waals surface area contributed by atoms with Gasteiger partial charge in [0, 0.05) is 12.5 Å². The van der Waals surface area contributed by atoms with Crippen molar-refractivity contribution in [3.63, 3.8) is 0 Å². The molecule has 2 N–H and O–H groups in total. The third-order valence-electron chi connectivity index (χ3n) is 2.27. The lowest BCUT2D eigenvalue weighted by molar-refractivity contribution is -0.116. The average Bonchev–Trinajstić information content (AvgIpc) is 2.24. The number of carbonyl (C=O) groups excluding carboxylic acids is 1. The summed E-state index contributed by atoms with van der Waals surface area (Å²) in [6, 6.07) is 5.25. The van der Waals surface area contributed by atoms with Crippen LogP contribution in [0.4, 0.5) is 5.69 Å². The molecule has 0 aliphatic carbocycles. The zero-order valence-electron chi connectivity index (χ0n) is 9.89. The average molecular weight is 275 g/mol. The van der Waals surface area contributed by atoms with E-state index >= 15 is 0 Å². The molecule has 1 unspecified atom stereocenters. The molecule has 0 radical (unpaired) electrons. The number of rotatable bonds is 5. The van der Waals surface area contributed by atoms with Crippen molar-refractivity contribution in [3.05, 3.63) is 28.2 Å². The highest BCUT2D eigenvalue weighted by molar-refractivity contribution is 6.39. The van der Waals surface area contributed by atoms with Crippen LogP contribution in [0.3, 0.4) is 0 Å². The van der Waals surface area contributed by atoms with Gasteiger partial charge in [0.2, 0.25) is 5.91 Å². The van der Waals surface area contributed by atoms with Crippen LogP contribution in [-0.4, -0.2) is 18.5 Å². The molecule has 5 heteroatoms. The van der Waals surface area contributed by atoms with Gasteiger partial charge in [-0.3, -0.25) is 4.79 Å². The first kappa shape index (κ1) is 14.3. The van der Waals surface area contributed by atoms with Gasteiger partial charge in [-0.2, -0.15) is 0 Å². The van der Waals surface area contributed by atoms with Crippen molar-refractivity contribution >= 4 is 34.8 Å². The standard InChI is InChI=1S/C12H16Cl2N2O/c1-3-15-8(2)7-11(17)16-12-9(13)5-4-6-10(12)14/h4-6,8,15H,3,7H2,1-2H3,(H,16,17). The van der Waals surface area contributed by atoms with Crippen molar-refractivity contribution in [2.45, 2.75) is 26.3 Å². The lowest BCUT2D eigenvalue weighted by Crippen LogP contribution is -2.30. The monoisotopic (exact) mass is 274 g/mol. The maximum Gasteiger partial charge on any atom is 0.226 e. The first-order chi connectivity index (χ1) is 8.04. The fraction of sp³-hybridized carbons (Fsp3) is 0.417. The molecule has 1 atom stereocenters. The van der Waals surface area contributed by atoms with E-state index in [1.165, 1.54) is 0 Å². The number of hydrogen-bond donors (Lipinski definition) is 2. The molecule has 0 saturated heterocycles. The summed E-state index contributed by atoms with van der Waals surface area (Å²) < 4.78 is 0. The molecular formula is C12H16Cl2N2O. The van der Waals surface area contributed by atoms with E-state index in [-0.39, 0.29) is 11.9 Å². The summed E-state index contributed by atoms with van der Waals surface area (Å²) in [4.78, 5) is 11.7. The van der Waals surface area contributed by atoms with E-state index in [1.54, 1.807) is 18.2 Å². The highest BCUT2D eigenvalue weighted by Gasteiger charge is 2.12. The smallest absolute Gasteiger partial charge is 0.226 e. The third-order valence-corrected chi connectivity index (χ3v) is 2.90. The highest BCUT2D eigenvalue weighted by atomic mass is 35.5. The molecule has 1 amide bonds. The second-order valence-corrected chi connectivity index (χ2v) is 4.62. The van der Waals surface area contributed by atoms with E-state index in [4.69, 9.17) is 23.2 Å². The van der Waals surface area contributed by atoms with E-state index in [0.29, 0.717) is 22.2 Å². The molecule has 0 aliphatic heterocycles. The fourth-order valence-corrected chi connectivity index (χ4v) is 2.00. The first-order valence-corrected chi connectivity index (χ1v) is 6.27. The number of halogens is 2. The molecule has 1 aromatic rings. The van der Waals surface area contributed by atoms with Crippen LogP contribution in [0.5, 0.6) is 0 Å². The highest BCUT2D eigenvalue weighted by Crippen LogP contribution is 2.29. The van der Waals surface area contributed by atoms with Crippen molar-refractivity contribution in [1.29, 1.82) is 0 Å². The normalized spacial score (nSPS) is 12.2. The van der Waals surface area contributed by atoms with Gasteiger partial charge in [-0.15, -0.1) is 0 Å². The van der Waals surface area contributed by atoms with E-state index in [0.717, 1.165) is 6.54 Å². The van der Waals surface area contributed by atoms with Gasteiger partial charge in [-0.05, 0) is 25.6 Å². The Morgan fingerprint density at radius 2 is 1.94 bits per heavy atom. The van der Waals surface area contributed by atoms with Crippen LogP contribution in [0, 0.1) is 0 Å². The van der Waals surface area contributed by atoms with E-state index in [2.05, 4.69) is 10.6 Å². The number of hydrogen-bond acceptors (Lipinski definition) is 2. The summed E-state index contributed by atoms with van der Waals surface area (Å²) in [6.07, 6.45) is 0.384. The Labute approximate surface area is 111 Å². The molecule has 1 aromatic carbocycles. The Balaban J connectivity index is 2.62. The number of para-hydroxylation sites is 1. The van der Waals surface area contributed by atoms with Gasteiger partial charge in [0.15, 0.2) is 0 Å². The van der Waals surface area contributed by atoms with Crippen LogP contribution in [-0.2, 0) is 4.79 Å². The third kappa shape index (κ3) is 4.54. The van der Waals surface area contributed by atoms with Gasteiger partial charge in [0.1, 0.15) is 0 Å². The molecule has 0 spiro atoms. The van der Waals surface area contributed by atoms with Crippen LogP contribution in [0.1, 0.15) is 20.3 Å². The number of nitrogens with one attached hydrogen (secondary N) is 2. The van der Waals surface area contributed by atoms with Crippen molar-refractivity contribution < 1.29 is 4.79 Å². The number of benzene rings is 1. The van der Waals surface area contributed by atoms with Gasteiger partial charge < -0.3 is 10.6 Å². The van der Waals surface area contributed by atoms with Crippen molar-refractivity contribution in [3.8, 4) is 0 Å². The van der Waals surface area contributed by atoms with Crippen LogP contribution >= 0.6 is 23.2 Å². The van der Waals surface area contributed by atoms with Gasteiger partial charge in [0.05, 0.1) is 15.7 Å². The quantitative estimate of drug-likeness (QED) is 0.865. The summed E-state index contributed by atoms with van der Waals surface area (Å²) in [6.45, 7) is 4.79. The molecule has 0 aromatic heterocycles. The zero-order valence-corrected chi connectivity index (χ0v) is 11.4. The van der Waals surface area contributed by atoms with E-state index < -0.39 is 0 Å². The van der Waals surface area contributed by atoms with Crippen molar-refractivity contribution in [2.75, 3.05) is 11.9 Å². The largest absolute Gasteiger partial charge is 0.323 e. The second-order valence-electron chi connectivity index (χ2n) is 3.81. The Bertz CT molecular complexity index is 376. The predicted molar refractivity (Wildman–Crippen MR) is 72.8 cm³/mol. The molecule has 0 fully saturated rings. The van der Waals surface area contributed by atoms with Crippen LogP contribution in [0.2, 0.25) is 10.0 Å². The molecule has 0 aliphatic rings. The Hall–Kier alpha value is -0.770. The maximum atomic E-state index is 11.7. The van der Waals surface area contributed by atoms with Gasteiger partial charge in [-0.25, -0.2) is 0 Å². The lowest BCUT2D eigenvalue weighted by atomic mass is 10.2. The molecule has 3 nitrogen and oxygen atoms in total. The summed E-state index contributed by atoms with van der Waals surface area (Å²) in [7, 11) is 0. The second kappa shape index (κ2) is 6.84. The fourth-order valence-electron chi connectivity index (χ4n) is 1.51. The van der Waals surface area contributed by atoms with Gasteiger partial charge in [-0.1, -0.05) is 36.2 Å². The molecule has 1 rings (SSSR count). The van der Waals surface area contributed by atoms with Crippen LogP contribution < -0.4 is 10.6 Å². The zero-order chi connectivity index (χ0) is 12.8. The maximum absolute atomic E-state index is 11.7. The Morgan fingerprint density at radius 1 is 1.35 bits per heavy atom. The summed E-state index contributed by atoms with van der Waals surface area (Å²) in [5.41, 5.74) is 0.476. The van der Waals surface area contributed by atoms with E-state index in [9.17, 15) is 4.79 Å². The van der Waals surface area contributed by atoms with Crippen LogP contribution in [0.25, 0.3) is 0 Å². The molecule has 0 heterocycles. The van der Waals surface area contributed by atoms with Gasteiger partial charge in [0.25, 0.3) is 0 Å². The minimum atomic E-state index is -0.103. The SMILES string of the molecule is CCNC(C)CC(=O)Nc1c(Cl)cccc1Cl. The number of amides is 1. The lowest BCUT2D eigenvalue weighted by Gasteiger charge is -2.13. The van der Waals surface area contributed by atoms with Gasteiger partial charge >= 0.3 is 0 Å². The Kier molecular flexibility index (Phi) is 5.75. The molecular weight excluding hydrogens is 259 g/mol. The number of anilines is 1. The molecule has 0 bridgehead atoms.